The Morgan fingerprint density at radius 1 is 1.00 bits per heavy atom. The molecular formula is C21H26N4O2. The fraction of sp³-hybridized carbons (Fsp3) is 0.476. The first-order chi connectivity index (χ1) is 13.2. The lowest BCUT2D eigenvalue weighted by atomic mass is 10.1. The number of aliphatic hydroxyl groups excluding tert-OH is 1. The van der Waals surface area contributed by atoms with Crippen LogP contribution in [-0.2, 0) is 0 Å². The highest BCUT2D eigenvalue weighted by atomic mass is 16.3. The molecule has 1 aromatic carbocycles. The maximum absolute atomic E-state index is 12.7. The van der Waals surface area contributed by atoms with Gasteiger partial charge in [0.25, 0.3) is 5.91 Å². The molecule has 2 aliphatic rings. The van der Waals surface area contributed by atoms with Gasteiger partial charge in [0.2, 0.25) is 0 Å². The summed E-state index contributed by atoms with van der Waals surface area (Å²) >= 11 is 0. The number of carbonyl (C=O) groups excluding carboxylic acids is 1. The minimum atomic E-state index is -0.285. The van der Waals surface area contributed by atoms with Crippen LogP contribution in [0.2, 0.25) is 0 Å². The van der Waals surface area contributed by atoms with Crippen LogP contribution in [0.3, 0.4) is 0 Å². The van der Waals surface area contributed by atoms with E-state index in [2.05, 4.69) is 14.9 Å². The van der Waals surface area contributed by atoms with E-state index in [9.17, 15) is 9.90 Å². The third-order valence-corrected chi connectivity index (χ3v) is 5.41. The quantitative estimate of drug-likeness (QED) is 0.904. The standard InChI is InChI=1S/C21H26N4O2/c26-18-10-14-25(15-18)19-9-11-22-20(23-19)16-5-7-17(8-6-16)21(27)24-12-3-1-2-4-13-24/h5-9,11,18,26H,1-4,10,12-15H2/t18-/m0/s1. The van der Waals surface area contributed by atoms with Gasteiger partial charge in [-0.1, -0.05) is 25.0 Å². The van der Waals surface area contributed by atoms with Crippen molar-refractivity contribution in [1.82, 2.24) is 14.9 Å². The van der Waals surface area contributed by atoms with E-state index in [4.69, 9.17) is 0 Å². The summed E-state index contributed by atoms with van der Waals surface area (Å²) in [6, 6.07) is 9.46. The number of hydrogen-bond donors (Lipinski definition) is 1. The zero-order chi connectivity index (χ0) is 18.6. The van der Waals surface area contributed by atoms with Crippen molar-refractivity contribution in [2.75, 3.05) is 31.1 Å². The average Bonchev–Trinajstić information content (AvgIpc) is 2.97. The van der Waals surface area contributed by atoms with E-state index in [0.29, 0.717) is 12.4 Å². The molecule has 0 aliphatic carbocycles. The van der Waals surface area contributed by atoms with Gasteiger partial charge in [0.15, 0.2) is 5.82 Å². The molecular weight excluding hydrogens is 340 g/mol. The predicted octanol–water partition coefficient (Wildman–Crippen LogP) is 2.73. The van der Waals surface area contributed by atoms with Crippen LogP contribution in [0.4, 0.5) is 5.82 Å². The molecule has 2 saturated heterocycles. The van der Waals surface area contributed by atoms with Crippen molar-refractivity contribution in [3.05, 3.63) is 42.1 Å². The number of likely N-dealkylation sites (tertiary alicyclic amines) is 1. The van der Waals surface area contributed by atoms with Gasteiger partial charge in [-0.3, -0.25) is 4.79 Å². The van der Waals surface area contributed by atoms with E-state index in [1.165, 1.54) is 12.8 Å². The number of nitrogens with zero attached hydrogens (tertiary/aromatic N) is 4. The molecule has 2 fully saturated rings. The fourth-order valence-electron chi connectivity index (χ4n) is 3.83. The normalized spacial score (nSPS) is 20.6. The summed E-state index contributed by atoms with van der Waals surface area (Å²) in [4.78, 5) is 25.8. The molecule has 0 radical (unpaired) electrons. The molecule has 4 rings (SSSR count). The van der Waals surface area contributed by atoms with Gasteiger partial charge in [0.05, 0.1) is 6.10 Å². The Kier molecular flexibility index (Phi) is 5.34. The number of aliphatic hydroxyl groups is 1. The highest BCUT2D eigenvalue weighted by Gasteiger charge is 2.22. The number of β-amino-alcohol motifs (C(OH)–C–C–N with tert-alkyl or cyclic N) is 1. The molecule has 6 heteroatoms. The molecule has 1 atom stereocenters. The summed E-state index contributed by atoms with van der Waals surface area (Å²) in [7, 11) is 0. The number of carbonyl (C=O) groups is 1. The van der Waals surface area contributed by atoms with Gasteiger partial charge in [-0.2, -0.15) is 0 Å². The molecule has 1 aromatic heterocycles. The molecule has 27 heavy (non-hydrogen) atoms. The smallest absolute Gasteiger partial charge is 0.253 e. The number of hydrogen-bond acceptors (Lipinski definition) is 5. The van der Waals surface area contributed by atoms with Crippen LogP contribution in [0.1, 0.15) is 42.5 Å². The summed E-state index contributed by atoms with van der Waals surface area (Å²) in [6.45, 7) is 3.13. The Morgan fingerprint density at radius 3 is 2.41 bits per heavy atom. The zero-order valence-corrected chi connectivity index (χ0v) is 15.5. The molecule has 3 heterocycles. The van der Waals surface area contributed by atoms with Gasteiger partial charge in [-0.25, -0.2) is 9.97 Å². The van der Waals surface area contributed by atoms with Gasteiger partial charge in [-0.15, -0.1) is 0 Å². The van der Waals surface area contributed by atoms with Gasteiger partial charge in [-0.05, 0) is 37.5 Å². The largest absolute Gasteiger partial charge is 0.391 e. The van der Waals surface area contributed by atoms with Crippen LogP contribution >= 0.6 is 0 Å². The Labute approximate surface area is 159 Å². The van der Waals surface area contributed by atoms with Crippen LogP contribution in [0.25, 0.3) is 11.4 Å². The summed E-state index contributed by atoms with van der Waals surface area (Å²) < 4.78 is 0. The molecule has 1 amide bonds. The van der Waals surface area contributed by atoms with Crippen molar-refractivity contribution >= 4 is 11.7 Å². The summed E-state index contributed by atoms with van der Waals surface area (Å²) in [5.74, 6) is 1.59. The van der Waals surface area contributed by atoms with E-state index >= 15 is 0 Å². The first-order valence-electron chi connectivity index (χ1n) is 9.86. The van der Waals surface area contributed by atoms with Crippen LogP contribution < -0.4 is 4.90 Å². The monoisotopic (exact) mass is 366 g/mol. The second kappa shape index (κ2) is 8.05. The van der Waals surface area contributed by atoms with Crippen molar-refractivity contribution in [2.24, 2.45) is 0 Å². The number of rotatable bonds is 3. The van der Waals surface area contributed by atoms with Gasteiger partial charge >= 0.3 is 0 Å². The average molecular weight is 366 g/mol. The Morgan fingerprint density at radius 2 is 1.74 bits per heavy atom. The Balaban J connectivity index is 1.49. The molecule has 0 bridgehead atoms. The summed E-state index contributed by atoms with van der Waals surface area (Å²) in [6.07, 6.45) is 6.85. The Hall–Kier alpha value is -2.47. The van der Waals surface area contributed by atoms with Crippen molar-refractivity contribution < 1.29 is 9.90 Å². The van der Waals surface area contributed by atoms with Crippen LogP contribution in [0.15, 0.2) is 36.5 Å². The molecule has 2 aromatic rings. The van der Waals surface area contributed by atoms with Gasteiger partial charge < -0.3 is 14.9 Å². The topological polar surface area (TPSA) is 69.6 Å². The SMILES string of the molecule is O=C(c1ccc(-c2nccc(N3CC[C@H](O)C3)n2)cc1)N1CCCCCC1. The van der Waals surface area contributed by atoms with Crippen molar-refractivity contribution in [3.63, 3.8) is 0 Å². The first kappa shape index (κ1) is 17.9. The zero-order valence-electron chi connectivity index (χ0n) is 15.5. The van der Waals surface area contributed by atoms with Gasteiger partial charge in [0, 0.05) is 43.5 Å². The first-order valence-corrected chi connectivity index (χ1v) is 9.86. The molecule has 6 nitrogen and oxygen atoms in total. The minimum Gasteiger partial charge on any atom is -0.391 e. The minimum absolute atomic E-state index is 0.115. The highest BCUT2D eigenvalue weighted by molar-refractivity contribution is 5.94. The molecule has 0 unspecified atom stereocenters. The lowest BCUT2D eigenvalue weighted by Crippen LogP contribution is -2.31. The maximum atomic E-state index is 12.7. The molecule has 1 N–H and O–H groups in total. The molecule has 2 aliphatic heterocycles. The second-order valence-electron chi connectivity index (χ2n) is 7.41. The lowest BCUT2D eigenvalue weighted by Gasteiger charge is -2.20. The maximum Gasteiger partial charge on any atom is 0.253 e. The van der Waals surface area contributed by atoms with Crippen molar-refractivity contribution in [1.29, 1.82) is 0 Å². The third-order valence-electron chi connectivity index (χ3n) is 5.41. The van der Waals surface area contributed by atoms with Crippen molar-refractivity contribution in [2.45, 2.75) is 38.2 Å². The van der Waals surface area contributed by atoms with E-state index < -0.39 is 0 Å². The fourth-order valence-corrected chi connectivity index (χ4v) is 3.83. The second-order valence-corrected chi connectivity index (χ2v) is 7.41. The number of anilines is 1. The summed E-state index contributed by atoms with van der Waals surface area (Å²) in [5.41, 5.74) is 1.61. The van der Waals surface area contributed by atoms with E-state index in [1.54, 1.807) is 6.20 Å². The van der Waals surface area contributed by atoms with Crippen LogP contribution in [0, 0.1) is 0 Å². The summed E-state index contributed by atoms with van der Waals surface area (Å²) in [5, 5.41) is 9.73. The molecule has 0 saturated carbocycles. The van der Waals surface area contributed by atoms with Crippen LogP contribution in [0.5, 0.6) is 0 Å². The van der Waals surface area contributed by atoms with Crippen LogP contribution in [-0.4, -0.2) is 58.2 Å². The molecule has 142 valence electrons. The van der Waals surface area contributed by atoms with E-state index in [1.807, 2.05) is 35.2 Å². The highest BCUT2D eigenvalue weighted by Crippen LogP contribution is 2.22. The number of amides is 1. The lowest BCUT2D eigenvalue weighted by molar-refractivity contribution is 0.0761. The van der Waals surface area contributed by atoms with E-state index in [0.717, 1.165) is 55.8 Å². The van der Waals surface area contributed by atoms with Gasteiger partial charge in [0.1, 0.15) is 5.82 Å². The van der Waals surface area contributed by atoms with Crippen molar-refractivity contribution in [3.8, 4) is 11.4 Å². The Bertz CT molecular complexity index is 785. The molecule has 0 spiro atoms. The number of benzene rings is 1. The number of aromatic nitrogens is 2. The van der Waals surface area contributed by atoms with E-state index in [-0.39, 0.29) is 12.0 Å². The predicted molar refractivity (Wildman–Crippen MR) is 105 cm³/mol. The third kappa shape index (κ3) is 4.11.